The average Bonchev–Trinajstić information content (AvgIpc) is 2.97. The van der Waals surface area contributed by atoms with Crippen molar-refractivity contribution in [2.45, 2.75) is 82.8 Å². The summed E-state index contributed by atoms with van der Waals surface area (Å²) < 4.78 is 117. The Morgan fingerprint density at radius 2 is 1.44 bits per heavy atom. The Bertz CT molecular complexity index is 1210. The van der Waals surface area contributed by atoms with Crippen LogP contribution in [0, 0.1) is 35.3 Å². The van der Waals surface area contributed by atoms with Crippen molar-refractivity contribution in [3.8, 4) is 11.5 Å². The van der Waals surface area contributed by atoms with Crippen LogP contribution >= 0.6 is 0 Å². The summed E-state index contributed by atoms with van der Waals surface area (Å²) in [7, 11) is 0. The van der Waals surface area contributed by atoms with Gasteiger partial charge < -0.3 is 18.9 Å². The van der Waals surface area contributed by atoms with E-state index in [1.54, 1.807) is 12.1 Å². The van der Waals surface area contributed by atoms with Crippen molar-refractivity contribution in [1.82, 2.24) is 0 Å². The van der Waals surface area contributed by atoms with Gasteiger partial charge in [-0.05, 0) is 80.0 Å². The minimum Gasteiger partial charge on any atom is -0.481 e. The quantitative estimate of drug-likeness (QED) is 0.276. The van der Waals surface area contributed by atoms with Gasteiger partial charge >= 0.3 is 12.3 Å². The fraction of sp³-hybridized carbons (Fsp3) is 0.625. The summed E-state index contributed by atoms with van der Waals surface area (Å²) >= 11 is 0. The van der Waals surface area contributed by atoms with E-state index in [1.807, 2.05) is 0 Å². The Balaban J connectivity index is 1.12. The number of alkyl halides is 5. The van der Waals surface area contributed by atoms with E-state index in [-0.39, 0.29) is 18.8 Å². The number of benzene rings is 2. The highest BCUT2D eigenvalue weighted by molar-refractivity contribution is 5.33. The van der Waals surface area contributed by atoms with Crippen LogP contribution < -0.4 is 9.47 Å². The van der Waals surface area contributed by atoms with E-state index in [0.717, 1.165) is 18.1 Å². The third-order valence-electron chi connectivity index (χ3n) is 9.14. The standard InChI is InChI=1S/C32H37F7O4/c1-19-2-4-20(5-3-19)23-16-40-30(41-17-23)22-8-12-26(27(33)14-22)21-6-9-24(10-7-21)32(38,39)43-25-11-13-29(28(34)15-25)42-18-31(35,36)37/h8,11-15,19-21,23-24,30H,2-7,9-10,16-18H2,1H3. The Morgan fingerprint density at radius 1 is 0.767 bits per heavy atom. The van der Waals surface area contributed by atoms with Crippen LogP contribution in [0.15, 0.2) is 36.4 Å². The lowest BCUT2D eigenvalue weighted by atomic mass is 9.76. The zero-order valence-electron chi connectivity index (χ0n) is 24.0. The van der Waals surface area contributed by atoms with Crippen LogP contribution in [0.4, 0.5) is 30.7 Å². The molecule has 5 rings (SSSR count). The number of halogens is 7. The molecule has 238 valence electrons. The van der Waals surface area contributed by atoms with Crippen LogP contribution in [-0.4, -0.2) is 32.1 Å². The smallest absolute Gasteiger partial charge is 0.422 e. The molecule has 3 fully saturated rings. The molecule has 0 radical (unpaired) electrons. The zero-order valence-corrected chi connectivity index (χ0v) is 24.0. The minimum absolute atomic E-state index is 0.0459. The van der Waals surface area contributed by atoms with Gasteiger partial charge in [-0.1, -0.05) is 31.9 Å². The summed E-state index contributed by atoms with van der Waals surface area (Å²) in [6.07, 6.45) is -3.45. The van der Waals surface area contributed by atoms with Crippen LogP contribution in [-0.2, 0) is 9.47 Å². The molecule has 1 aliphatic heterocycles. The van der Waals surface area contributed by atoms with E-state index >= 15 is 4.39 Å². The molecule has 2 aromatic rings. The van der Waals surface area contributed by atoms with Crippen molar-refractivity contribution in [3.05, 3.63) is 59.2 Å². The van der Waals surface area contributed by atoms with E-state index in [4.69, 9.17) is 14.2 Å². The van der Waals surface area contributed by atoms with Crippen LogP contribution in [0.5, 0.6) is 11.5 Å². The molecule has 0 atom stereocenters. The van der Waals surface area contributed by atoms with Gasteiger partial charge in [0.1, 0.15) is 11.6 Å². The highest BCUT2D eigenvalue weighted by Gasteiger charge is 2.44. The molecule has 0 bridgehead atoms. The summed E-state index contributed by atoms with van der Waals surface area (Å²) in [6, 6.07) is 7.17. The molecule has 0 spiro atoms. The fourth-order valence-corrected chi connectivity index (χ4v) is 6.56. The molecule has 3 aliphatic rings. The molecular weight excluding hydrogens is 581 g/mol. The Morgan fingerprint density at radius 3 is 2.05 bits per heavy atom. The topological polar surface area (TPSA) is 36.9 Å². The van der Waals surface area contributed by atoms with Gasteiger partial charge in [-0.3, -0.25) is 0 Å². The lowest BCUT2D eigenvalue weighted by Crippen LogP contribution is -2.37. The molecule has 2 aliphatic carbocycles. The molecule has 0 aromatic heterocycles. The van der Waals surface area contributed by atoms with Gasteiger partial charge in [0.05, 0.1) is 19.1 Å². The number of ether oxygens (including phenoxy) is 4. The second-order valence-corrected chi connectivity index (χ2v) is 12.3. The molecule has 1 heterocycles. The molecule has 0 amide bonds. The number of hydrogen-bond donors (Lipinski definition) is 0. The first kappa shape index (κ1) is 31.9. The summed E-state index contributed by atoms with van der Waals surface area (Å²) in [6.45, 7) is 1.73. The lowest BCUT2D eigenvalue weighted by molar-refractivity contribution is -0.222. The summed E-state index contributed by atoms with van der Waals surface area (Å²) in [5.41, 5.74) is 1.04. The van der Waals surface area contributed by atoms with Crippen LogP contribution in [0.1, 0.15) is 81.6 Å². The predicted octanol–water partition coefficient (Wildman–Crippen LogP) is 9.34. The SMILES string of the molecule is CC1CCC(C2COC(c3ccc(C4CCC(C(F)(F)Oc5ccc(OCC(F)(F)F)c(F)c5)CC4)c(F)c3)OC2)CC1. The van der Waals surface area contributed by atoms with Crippen molar-refractivity contribution in [2.75, 3.05) is 19.8 Å². The van der Waals surface area contributed by atoms with Gasteiger partial charge in [0.2, 0.25) is 0 Å². The minimum atomic E-state index is -4.67. The van der Waals surface area contributed by atoms with Crippen LogP contribution in [0.3, 0.4) is 0 Å². The van der Waals surface area contributed by atoms with Gasteiger partial charge in [0.15, 0.2) is 24.5 Å². The zero-order chi connectivity index (χ0) is 30.8. The fourth-order valence-electron chi connectivity index (χ4n) is 6.56. The molecule has 11 heteroatoms. The van der Waals surface area contributed by atoms with Gasteiger partial charge in [-0.25, -0.2) is 8.78 Å². The summed E-state index contributed by atoms with van der Waals surface area (Å²) in [5.74, 6) is -2.66. The van der Waals surface area contributed by atoms with Crippen molar-refractivity contribution in [3.63, 3.8) is 0 Å². The second kappa shape index (κ2) is 13.2. The molecule has 0 N–H and O–H groups in total. The van der Waals surface area contributed by atoms with E-state index in [0.29, 0.717) is 55.1 Å². The van der Waals surface area contributed by atoms with Gasteiger partial charge in [0, 0.05) is 17.5 Å². The number of hydrogen-bond acceptors (Lipinski definition) is 4. The maximum atomic E-state index is 15.2. The third kappa shape index (κ3) is 8.15. The normalized spacial score (nSPS) is 28.8. The van der Waals surface area contributed by atoms with Crippen molar-refractivity contribution in [2.24, 2.45) is 23.7 Å². The maximum absolute atomic E-state index is 15.2. The van der Waals surface area contributed by atoms with Crippen LogP contribution in [0.2, 0.25) is 0 Å². The first-order chi connectivity index (χ1) is 20.4. The monoisotopic (exact) mass is 618 g/mol. The summed E-state index contributed by atoms with van der Waals surface area (Å²) in [5, 5.41) is 0. The predicted molar refractivity (Wildman–Crippen MR) is 144 cm³/mol. The molecule has 4 nitrogen and oxygen atoms in total. The van der Waals surface area contributed by atoms with Crippen molar-refractivity contribution >= 4 is 0 Å². The van der Waals surface area contributed by atoms with E-state index in [9.17, 15) is 26.3 Å². The molecule has 0 unspecified atom stereocenters. The Kier molecular flexibility index (Phi) is 9.80. The highest BCUT2D eigenvalue weighted by atomic mass is 19.4. The van der Waals surface area contributed by atoms with Gasteiger partial charge in [0.25, 0.3) is 0 Å². The van der Waals surface area contributed by atoms with Gasteiger partial charge in [-0.15, -0.1) is 0 Å². The first-order valence-electron chi connectivity index (χ1n) is 15.0. The lowest BCUT2D eigenvalue weighted by Gasteiger charge is -2.37. The third-order valence-corrected chi connectivity index (χ3v) is 9.14. The van der Waals surface area contributed by atoms with E-state index in [1.165, 1.54) is 31.7 Å². The van der Waals surface area contributed by atoms with E-state index in [2.05, 4.69) is 11.7 Å². The second-order valence-electron chi connectivity index (χ2n) is 12.3. The largest absolute Gasteiger partial charge is 0.481 e. The molecule has 43 heavy (non-hydrogen) atoms. The molecule has 2 aromatic carbocycles. The summed E-state index contributed by atoms with van der Waals surface area (Å²) in [4.78, 5) is 0. The average molecular weight is 619 g/mol. The van der Waals surface area contributed by atoms with Crippen molar-refractivity contribution in [1.29, 1.82) is 0 Å². The first-order valence-corrected chi connectivity index (χ1v) is 15.0. The molecule has 1 saturated heterocycles. The van der Waals surface area contributed by atoms with E-state index < -0.39 is 54.2 Å². The molecule has 2 saturated carbocycles. The Labute approximate surface area is 246 Å². The maximum Gasteiger partial charge on any atom is 0.422 e. The van der Waals surface area contributed by atoms with Crippen LogP contribution in [0.25, 0.3) is 0 Å². The van der Waals surface area contributed by atoms with Crippen molar-refractivity contribution < 1.29 is 49.7 Å². The Hall–Kier alpha value is -2.53. The highest BCUT2D eigenvalue weighted by Crippen LogP contribution is 2.44. The number of rotatable bonds is 8. The molecular formula is C32H37F7O4. The van der Waals surface area contributed by atoms with Gasteiger partial charge in [-0.2, -0.15) is 22.0 Å².